The highest BCUT2D eigenvalue weighted by atomic mass is 19.1. The molecule has 0 spiro atoms. The Kier molecular flexibility index (Phi) is 4.84. The number of carbonyl (C=O) groups excluding carboxylic acids is 1. The summed E-state index contributed by atoms with van der Waals surface area (Å²) in [7, 11) is 0. The second-order valence-electron chi connectivity index (χ2n) is 7.08. The van der Waals surface area contributed by atoms with E-state index in [-0.39, 0.29) is 17.8 Å². The lowest BCUT2D eigenvalue weighted by molar-refractivity contribution is 0.0939. The van der Waals surface area contributed by atoms with E-state index < -0.39 is 0 Å². The van der Waals surface area contributed by atoms with Crippen LogP contribution in [0.25, 0.3) is 16.6 Å². The van der Waals surface area contributed by atoms with Gasteiger partial charge in [-0.3, -0.25) is 9.78 Å². The van der Waals surface area contributed by atoms with Crippen LogP contribution in [0, 0.1) is 19.7 Å². The van der Waals surface area contributed by atoms with E-state index in [0.717, 1.165) is 27.8 Å². The van der Waals surface area contributed by atoms with Crippen LogP contribution in [0.3, 0.4) is 0 Å². The lowest BCUT2D eigenvalue weighted by Crippen LogP contribution is -2.27. The molecule has 1 N–H and O–H groups in total. The van der Waals surface area contributed by atoms with E-state index in [1.807, 2.05) is 51.1 Å². The number of hydrogen-bond acceptors (Lipinski definition) is 3. The van der Waals surface area contributed by atoms with Crippen molar-refractivity contribution in [2.24, 2.45) is 0 Å². The molecule has 5 nitrogen and oxygen atoms in total. The molecule has 2 aromatic heterocycles. The molecule has 2 aromatic carbocycles. The van der Waals surface area contributed by atoms with Crippen molar-refractivity contribution in [3.05, 3.63) is 89.1 Å². The molecule has 0 saturated carbocycles. The monoisotopic (exact) mass is 388 g/mol. The fraction of sp³-hybridized carbons (Fsp3) is 0.174. The number of aromatic nitrogens is 3. The largest absolute Gasteiger partial charge is 0.345 e. The standard InChI is InChI=1S/C23H21FN4O/c1-14-20(12-17-6-4-5-7-22(17)26-14)23(29)27-15(2)21-13-25-28(16(21)3)19-10-8-18(24)9-11-19/h4-13,15H,1-3H3,(H,27,29). The molecule has 4 rings (SSSR count). The molecular weight excluding hydrogens is 367 g/mol. The number of hydrogen-bond donors (Lipinski definition) is 1. The van der Waals surface area contributed by atoms with Gasteiger partial charge in [0.25, 0.3) is 5.91 Å². The zero-order valence-corrected chi connectivity index (χ0v) is 16.5. The van der Waals surface area contributed by atoms with E-state index in [1.54, 1.807) is 23.0 Å². The van der Waals surface area contributed by atoms with Crippen molar-refractivity contribution in [1.82, 2.24) is 20.1 Å². The minimum Gasteiger partial charge on any atom is -0.345 e. The Hall–Kier alpha value is -3.54. The first-order chi connectivity index (χ1) is 13.9. The normalized spacial score (nSPS) is 12.1. The van der Waals surface area contributed by atoms with Crippen LogP contribution in [0.5, 0.6) is 0 Å². The summed E-state index contributed by atoms with van der Waals surface area (Å²) in [5.41, 5.74) is 4.66. The van der Waals surface area contributed by atoms with E-state index in [0.29, 0.717) is 11.3 Å². The first kappa shape index (κ1) is 18.8. The molecule has 0 bridgehead atoms. The Bertz CT molecular complexity index is 1200. The van der Waals surface area contributed by atoms with E-state index in [4.69, 9.17) is 0 Å². The van der Waals surface area contributed by atoms with Crippen molar-refractivity contribution in [2.45, 2.75) is 26.8 Å². The summed E-state index contributed by atoms with van der Waals surface area (Å²) in [5, 5.41) is 8.37. The maximum atomic E-state index is 13.2. The number of amides is 1. The average molecular weight is 388 g/mol. The maximum absolute atomic E-state index is 13.2. The number of carbonyl (C=O) groups is 1. The predicted molar refractivity (Wildman–Crippen MR) is 111 cm³/mol. The minimum atomic E-state index is -0.293. The summed E-state index contributed by atoms with van der Waals surface area (Å²) >= 11 is 0. The molecule has 1 amide bonds. The average Bonchev–Trinajstić information content (AvgIpc) is 3.09. The molecule has 0 radical (unpaired) electrons. The number of aryl methyl sites for hydroxylation is 1. The molecule has 0 aliphatic carbocycles. The minimum absolute atomic E-state index is 0.179. The summed E-state index contributed by atoms with van der Waals surface area (Å²) in [6, 6.07) is 15.5. The van der Waals surface area contributed by atoms with Crippen LogP contribution in [-0.2, 0) is 0 Å². The van der Waals surface area contributed by atoms with Crippen molar-refractivity contribution >= 4 is 16.8 Å². The SMILES string of the molecule is Cc1nc2ccccc2cc1C(=O)NC(C)c1cnn(-c2ccc(F)cc2)c1C. The fourth-order valence-corrected chi connectivity index (χ4v) is 3.48. The van der Waals surface area contributed by atoms with Gasteiger partial charge in [0.1, 0.15) is 5.82 Å². The molecule has 1 unspecified atom stereocenters. The fourth-order valence-electron chi connectivity index (χ4n) is 3.48. The zero-order chi connectivity index (χ0) is 20.5. The molecule has 2 heterocycles. The van der Waals surface area contributed by atoms with E-state index in [2.05, 4.69) is 15.4 Å². The van der Waals surface area contributed by atoms with Gasteiger partial charge in [0.2, 0.25) is 0 Å². The third kappa shape index (κ3) is 3.61. The third-order valence-corrected chi connectivity index (χ3v) is 5.09. The van der Waals surface area contributed by atoms with Crippen molar-refractivity contribution in [2.75, 3.05) is 0 Å². The number of para-hydroxylation sites is 1. The highest BCUT2D eigenvalue weighted by molar-refractivity contribution is 5.98. The van der Waals surface area contributed by atoms with E-state index in [1.165, 1.54) is 12.1 Å². The van der Waals surface area contributed by atoms with Gasteiger partial charge in [-0.15, -0.1) is 0 Å². The quantitative estimate of drug-likeness (QED) is 0.553. The van der Waals surface area contributed by atoms with Crippen molar-refractivity contribution in [3.63, 3.8) is 0 Å². The van der Waals surface area contributed by atoms with E-state index >= 15 is 0 Å². The van der Waals surface area contributed by atoms with Crippen molar-refractivity contribution < 1.29 is 9.18 Å². The first-order valence-corrected chi connectivity index (χ1v) is 9.42. The van der Waals surface area contributed by atoms with Gasteiger partial charge in [0.15, 0.2) is 0 Å². The van der Waals surface area contributed by atoms with E-state index in [9.17, 15) is 9.18 Å². The highest BCUT2D eigenvalue weighted by Gasteiger charge is 2.19. The van der Waals surface area contributed by atoms with Gasteiger partial charge in [0, 0.05) is 16.6 Å². The molecule has 0 fully saturated rings. The molecule has 0 aliphatic heterocycles. The summed E-state index contributed by atoms with van der Waals surface area (Å²) in [5.74, 6) is -0.471. The predicted octanol–water partition coefficient (Wildman–Crippen LogP) is 4.67. The number of nitrogens with one attached hydrogen (secondary N) is 1. The van der Waals surface area contributed by atoms with Crippen LogP contribution in [0.1, 0.15) is 40.3 Å². The van der Waals surface area contributed by atoms with Crippen LogP contribution in [-0.4, -0.2) is 20.7 Å². The van der Waals surface area contributed by atoms with Gasteiger partial charge in [-0.1, -0.05) is 18.2 Å². The second kappa shape index (κ2) is 7.47. The maximum Gasteiger partial charge on any atom is 0.253 e. The van der Waals surface area contributed by atoms with Crippen LogP contribution >= 0.6 is 0 Å². The topological polar surface area (TPSA) is 59.8 Å². The molecule has 6 heteroatoms. The molecule has 0 saturated heterocycles. The van der Waals surface area contributed by atoms with Crippen molar-refractivity contribution in [3.8, 4) is 5.69 Å². The molecular formula is C23H21FN4O. The van der Waals surface area contributed by atoms with Gasteiger partial charge in [-0.25, -0.2) is 9.07 Å². The molecule has 0 aliphatic rings. The third-order valence-electron chi connectivity index (χ3n) is 5.09. The van der Waals surface area contributed by atoms with Gasteiger partial charge >= 0.3 is 0 Å². The van der Waals surface area contributed by atoms with Crippen LogP contribution in [0.4, 0.5) is 4.39 Å². The van der Waals surface area contributed by atoms with Crippen LogP contribution in [0.2, 0.25) is 0 Å². The van der Waals surface area contributed by atoms with Gasteiger partial charge < -0.3 is 5.32 Å². The molecule has 146 valence electrons. The Morgan fingerprint density at radius 3 is 2.59 bits per heavy atom. The number of halogens is 1. The lowest BCUT2D eigenvalue weighted by atomic mass is 10.1. The Morgan fingerprint density at radius 1 is 1.10 bits per heavy atom. The smallest absolute Gasteiger partial charge is 0.253 e. The summed E-state index contributed by atoms with van der Waals surface area (Å²) in [4.78, 5) is 17.4. The number of fused-ring (bicyclic) bond motifs is 1. The zero-order valence-electron chi connectivity index (χ0n) is 16.5. The molecule has 4 aromatic rings. The van der Waals surface area contributed by atoms with Crippen molar-refractivity contribution in [1.29, 1.82) is 0 Å². The second-order valence-corrected chi connectivity index (χ2v) is 7.08. The molecule has 1 atom stereocenters. The summed E-state index contributed by atoms with van der Waals surface area (Å²) < 4.78 is 14.9. The lowest BCUT2D eigenvalue weighted by Gasteiger charge is -2.15. The van der Waals surface area contributed by atoms with Gasteiger partial charge in [-0.05, 0) is 57.2 Å². The number of rotatable bonds is 4. The Balaban J connectivity index is 1.58. The summed E-state index contributed by atoms with van der Waals surface area (Å²) in [6.45, 7) is 5.68. The van der Waals surface area contributed by atoms with Crippen LogP contribution in [0.15, 0.2) is 60.8 Å². The number of nitrogens with zero attached hydrogens (tertiary/aromatic N) is 3. The highest BCUT2D eigenvalue weighted by Crippen LogP contribution is 2.22. The first-order valence-electron chi connectivity index (χ1n) is 9.42. The molecule has 29 heavy (non-hydrogen) atoms. The number of benzene rings is 2. The van der Waals surface area contributed by atoms with Gasteiger partial charge in [0.05, 0.1) is 34.7 Å². The van der Waals surface area contributed by atoms with Gasteiger partial charge in [-0.2, -0.15) is 5.10 Å². The Labute approximate surface area is 168 Å². The number of pyridine rings is 1. The Morgan fingerprint density at radius 2 is 1.83 bits per heavy atom. The summed E-state index contributed by atoms with van der Waals surface area (Å²) in [6.07, 6.45) is 1.73. The van der Waals surface area contributed by atoms with Crippen LogP contribution < -0.4 is 5.32 Å².